The molecule has 182 valence electrons. The monoisotopic (exact) mass is 520 g/mol. The number of hydrogen-bond acceptors (Lipinski definition) is 4. The second-order valence-corrected chi connectivity index (χ2v) is 9.87. The van der Waals surface area contributed by atoms with E-state index in [-0.39, 0.29) is 10.8 Å². The van der Waals surface area contributed by atoms with E-state index in [0.717, 1.165) is 35.3 Å². The van der Waals surface area contributed by atoms with Gasteiger partial charge in [0.05, 0.1) is 28.6 Å². The van der Waals surface area contributed by atoms with Gasteiger partial charge in [-0.3, -0.25) is 5.01 Å². The molecule has 0 radical (unpaired) electrons. The Bertz CT molecular complexity index is 1340. The molecule has 0 unspecified atom stereocenters. The molecule has 0 saturated heterocycles. The fourth-order valence-corrected chi connectivity index (χ4v) is 4.57. The molecule has 0 saturated carbocycles. The Kier molecular flexibility index (Phi) is 6.86. The van der Waals surface area contributed by atoms with Crippen LogP contribution >= 0.6 is 11.6 Å². The van der Waals surface area contributed by atoms with Crippen LogP contribution in [0.3, 0.4) is 0 Å². The van der Waals surface area contributed by atoms with Gasteiger partial charge in [0.15, 0.2) is 0 Å². The molecule has 0 aromatic heterocycles. The van der Waals surface area contributed by atoms with Gasteiger partial charge in [0.25, 0.3) is 10.0 Å². The molecule has 3 aromatic rings. The molecule has 1 aliphatic heterocycles. The first-order chi connectivity index (χ1) is 16.5. The van der Waals surface area contributed by atoms with Gasteiger partial charge < -0.3 is 0 Å². The van der Waals surface area contributed by atoms with E-state index >= 15 is 0 Å². The van der Waals surface area contributed by atoms with Gasteiger partial charge in [-0.25, -0.2) is 5.12 Å². The van der Waals surface area contributed by atoms with Crippen molar-refractivity contribution >= 4 is 33.7 Å². The lowest BCUT2D eigenvalue weighted by Gasteiger charge is -2.24. The molecule has 3 aromatic carbocycles. The lowest BCUT2D eigenvalue weighted by molar-refractivity contribution is -0.137. The summed E-state index contributed by atoms with van der Waals surface area (Å²) in [6, 6.07) is 20.2. The molecule has 0 spiro atoms. The van der Waals surface area contributed by atoms with Crippen molar-refractivity contribution < 1.29 is 21.6 Å². The van der Waals surface area contributed by atoms with Crippen molar-refractivity contribution in [3.8, 4) is 0 Å². The first-order valence-corrected chi connectivity index (χ1v) is 12.2. The summed E-state index contributed by atoms with van der Waals surface area (Å²) in [7, 11) is -2.63. The first-order valence-electron chi connectivity index (χ1n) is 10.4. The summed E-state index contributed by atoms with van der Waals surface area (Å²) >= 11 is 6.03. The number of nitrogens with zero attached hydrogens (tertiary/aromatic N) is 4. The molecule has 0 N–H and O–H groups in total. The Morgan fingerprint density at radius 1 is 1.03 bits per heavy atom. The van der Waals surface area contributed by atoms with E-state index in [9.17, 15) is 21.6 Å². The van der Waals surface area contributed by atoms with E-state index in [2.05, 4.69) is 9.50 Å². The van der Waals surface area contributed by atoms with Crippen LogP contribution in [0.1, 0.15) is 22.6 Å². The SMILES string of the molecule is CN(C=NS(=O)(=O)c1ccc(C(F)(F)F)cc1)N1C[C@H](c2ccccc2)C(c2ccc(Cl)cc2)=N1. The number of halogens is 4. The van der Waals surface area contributed by atoms with Crippen molar-refractivity contribution in [3.63, 3.8) is 0 Å². The summed E-state index contributed by atoms with van der Waals surface area (Å²) in [6.07, 6.45) is -3.49. The van der Waals surface area contributed by atoms with Crippen LogP contribution in [0.25, 0.3) is 0 Å². The minimum Gasteiger partial charge on any atom is -0.261 e. The van der Waals surface area contributed by atoms with Crippen LogP contribution in [0.4, 0.5) is 13.2 Å². The summed E-state index contributed by atoms with van der Waals surface area (Å²) in [6.45, 7) is 0.421. The van der Waals surface area contributed by atoms with Crippen molar-refractivity contribution in [2.45, 2.75) is 17.0 Å². The number of hydrogen-bond donors (Lipinski definition) is 0. The van der Waals surface area contributed by atoms with Crippen molar-refractivity contribution in [2.24, 2.45) is 9.50 Å². The highest BCUT2D eigenvalue weighted by molar-refractivity contribution is 7.90. The quantitative estimate of drug-likeness (QED) is 0.321. The van der Waals surface area contributed by atoms with E-state index in [1.807, 2.05) is 42.5 Å². The molecule has 6 nitrogen and oxygen atoms in total. The minimum absolute atomic E-state index is 0.0975. The second kappa shape index (κ2) is 9.71. The van der Waals surface area contributed by atoms with Gasteiger partial charge in [0.2, 0.25) is 0 Å². The topological polar surface area (TPSA) is 65.3 Å². The standard InChI is InChI=1S/C24H20ClF3N4O2S/c1-31(16-29-35(33,34)21-13-9-19(10-14-21)24(26,27)28)32-15-22(17-5-3-2-4-6-17)23(30-32)18-7-11-20(25)12-8-18/h2-14,16,22H,15H2,1H3/t22-/m1/s1. The number of benzene rings is 3. The van der Waals surface area contributed by atoms with E-state index in [1.165, 1.54) is 5.01 Å². The van der Waals surface area contributed by atoms with Gasteiger partial charge in [-0.1, -0.05) is 54.1 Å². The van der Waals surface area contributed by atoms with Crippen LogP contribution in [-0.2, 0) is 16.2 Å². The van der Waals surface area contributed by atoms with Crippen LogP contribution in [0, 0.1) is 0 Å². The van der Waals surface area contributed by atoms with E-state index in [0.29, 0.717) is 23.7 Å². The van der Waals surface area contributed by atoms with Crippen molar-refractivity contribution in [1.82, 2.24) is 10.1 Å². The largest absolute Gasteiger partial charge is 0.416 e. The number of sulfonamides is 1. The average molecular weight is 521 g/mol. The van der Waals surface area contributed by atoms with Crippen LogP contribution in [-0.4, -0.2) is 44.2 Å². The predicted octanol–water partition coefficient (Wildman–Crippen LogP) is 5.43. The summed E-state index contributed by atoms with van der Waals surface area (Å²) in [5.74, 6) is -0.0975. The average Bonchev–Trinajstić information content (AvgIpc) is 3.29. The molecule has 4 rings (SSSR count). The van der Waals surface area contributed by atoms with Gasteiger partial charge >= 0.3 is 6.18 Å². The molecule has 0 fully saturated rings. The van der Waals surface area contributed by atoms with E-state index in [1.54, 1.807) is 24.3 Å². The summed E-state index contributed by atoms with van der Waals surface area (Å²) in [5.41, 5.74) is 1.74. The minimum atomic E-state index is -4.56. The maximum atomic E-state index is 12.8. The predicted molar refractivity (Wildman–Crippen MR) is 129 cm³/mol. The van der Waals surface area contributed by atoms with Gasteiger partial charge in [-0.2, -0.15) is 26.7 Å². The van der Waals surface area contributed by atoms with Gasteiger partial charge in [-0.05, 0) is 47.5 Å². The molecular weight excluding hydrogens is 501 g/mol. The molecule has 1 aliphatic rings. The van der Waals surface area contributed by atoms with Crippen LogP contribution in [0.15, 0.2) is 93.3 Å². The Morgan fingerprint density at radius 2 is 1.66 bits per heavy atom. The number of alkyl halides is 3. The second-order valence-electron chi connectivity index (χ2n) is 7.80. The lowest BCUT2D eigenvalue weighted by Crippen LogP contribution is -2.34. The zero-order chi connectivity index (χ0) is 25.2. The molecule has 0 bridgehead atoms. The Morgan fingerprint density at radius 3 is 2.26 bits per heavy atom. The molecule has 35 heavy (non-hydrogen) atoms. The molecule has 1 atom stereocenters. The third-order valence-corrected chi connectivity index (χ3v) is 6.93. The highest BCUT2D eigenvalue weighted by Gasteiger charge is 2.32. The van der Waals surface area contributed by atoms with Gasteiger partial charge in [0, 0.05) is 12.1 Å². The van der Waals surface area contributed by atoms with Gasteiger partial charge in [0.1, 0.15) is 6.34 Å². The molecule has 1 heterocycles. The highest BCUT2D eigenvalue weighted by Crippen LogP contribution is 2.31. The third-order valence-electron chi connectivity index (χ3n) is 5.44. The van der Waals surface area contributed by atoms with E-state index in [4.69, 9.17) is 11.6 Å². The fourth-order valence-electron chi connectivity index (χ4n) is 3.58. The highest BCUT2D eigenvalue weighted by atomic mass is 35.5. The third kappa shape index (κ3) is 5.66. The van der Waals surface area contributed by atoms with Crippen LogP contribution < -0.4 is 0 Å². The summed E-state index contributed by atoms with van der Waals surface area (Å²) < 4.78 is 67.0. The normalized spacial score (nSPS) is 16.5. The Hall–Kier alpha value is -3.37. The van der Waals surface area contributed by atoms with Crippen molar-refractivity contribution in [2.75, 3.05) is 13.6 Å². The first kappa shape index (κ1) is 24.7. The molecule has 0 amide bonds. The Balaban J connectivity index is 1.57. The van der Waals surface area contributed by atoms with Crippen molar-refractivity contribution in [3.05, 3.63) is 101 Å². The molecule has 0 aliphatic carbocycles. The number of hydrazone groups is 1. The smallest absolute Gasteiger partial charge is 0.261 e. The molecule has 11 heteroatoms. The van der Waals surface area contributed by atoms with Crippen LogP contribution in [0.2, 0.25) is 5.02 Å². The fraction of sp³-hybridized carbons (Fsp3) is 0.167. The Labute approximate surface area is 206 Å². The van der Waals surface area contributed by atoms with Crippen molar-refractivity contribution in [1.29, 1.82) is 0 Å². The lowest BCUT2D eigenvalue weighted by atomic mass is 9.91. The van der Waals surface area contributed by atoms with Gasteiger partial charge in [-0.15, -0.1) is 4.40 Å². The number of rotatable bonds is 6. The number of hydrazine groups is 1. The summed E-state index contributed by atoms with van der Waals surface area (Å²) in [4.78, 5) is -0.343. The zero-order valence-corrected chi connectivity index (χ0v) is 20.0. The maximum absolute atomic E-state index is 12.8. The zero-order valence-electron chi connectivity index (χ0n) is 18.4. The van der Waals surface area contributed by atoms with Crippen LogP contribution in [0.5, 0.6) is 0 Å². The maximum Gasteiger partial charge on any atom is 0.416 e. The molecular formula is C24H20ClF3N4O2S. The van der Waals surface area contributed by atoms with E-state index < -0.39 is 21.8 Å². The summed E-state index contributed by atoms with van der Waals surface area (Å²) in [5, 5.41) is 8.27.